The van der Waals surface area contributed by atoms with Crippen molar-refractivity contribution < 1.29 is 14.7 Å². The number of aliphatic carboxylic acids is 1. The van der Waals surface area contributed by atoms with E-state index in [-0.39, 0.29) is 30.4 Å². The maximum atomic E-state index is 13.2. The van der Waals surface area contributed by atoms with E-state index in [0.717, 1.165) is 69.4 Å². The average molecular weight is 408 g/mol. The number of carbonyl (C=O) groups excluding carboxylic acids is 1. The lowest BCUT2D eigenvalue weighted by Crippen LogP contribution is -2.59. The number of nitrogens with zero attached hydrogens (tertiary/aromatic N) is 2. The van der Waals surface area contributed by atoms with Crippen LogP contribution in [0, 0.1) is 5.41 Å². The lowest BCUT2D eigenvalue weighted by molar-refractivity contribution is -0.136. The fraction of sp³-hybridized carbons (Fsp3) is 0.619. The molecule has 3 saturated carbocycles. The number of carboxylic acids is 1. The molecule has 4 fully saturated rings. The number of carbonyl (C=O) groups is 2. The zero-order chi connectivity index (χ0) is 19.1. The zero-order valence-electron chi connectivity index (χ0n) is 16.2. The normalized spacial score (nSPS) is 29.1. The summed E-state index contributed by atoms with van der Waals surface area (Å²) in [7, 11) is 0. The molecule has 0 radical (unpaired) electrons. The number of anilines is 1. The smallest absolute Gasteiger partial charge is 0.325 e. The first kappa shape index (κ1) is 20.9. The van der Waals surface area contributed by atoms with Crippen LogP contribution in [0.15, 0.2) is 24.3 Å². The highest BCUT2D eigenvalue weighted by Gasteiger charge is 2.53. The summed E-state index contributed by atoms with van der Waals surface area (Å²) >= 11 is 0. The molecule has 3 N–H and O–H groups in total. The van der Waals surface area contributed by atoms with Crippen LogP contribution in [0.25, 0.3) is 0 Å². The molecule has 154 valence electrons. The van der Waals surface area contributed by atoms with Gasteiger partial charge in [-0.25, -0.2) is 4.79 Å². The molecule has 5 rings (SSSR count). The molecule has 2 bridgehead atoms. The fourth-order valence-corrected chi connectivity index (χ4v) is 5.27. The number of rotatable bonds is 6. The van der Waals surface area contributed by atoms with Gasteiger partial charge in [-0.15, -0.1) is 12.4 Å². The molecule has 28 heavy (non-hydrogen) atoms. The molecule has 6 nitrogen and oxygen atoms in total. The van der Waals surface area contributed by atoms with E-state index in [1.807, 2.05) is 29.2 Å². The van der Waals surface area contributed by atoms with Gasteiger partial charge >= 0.3 is 12.0 Å². The summed E-state index contributed by atoms with van der Waals surface area (Å²) in [5.41, 5.74) is 8.28. The molecule has 0 spiro atoms. The van der Waals surface area contributed by atoms with Crippen LogP contribution < -0.4 is 10.6 Å². The molecule has 3 aliphatic carbocycles. The van der Waals surface area contributed by atoms with E-state index in [9.17, 15) is 9.59 Å². The summed E-state index contributed by atoms with van der Waals surface area (Å²) in [6, 6.07) is 7.87. The average Bonchev–Trinajstić information content (AvgIpc) is 3.10. The number of halogens is 1. The quantitative estimate of drug-likeness (QED) is 0.756. The summed E-state index contributed by atoms with van der Waals surface area (Å²) in [5, 5.41) is 8.81. The van der Waals surface area contributed by atoms with Crippen molar-refractivity contribution >= 4 is 30.1 Å². The van der Waals surface area contributed by atoms with Gasteiger partial charge < -0.3 is 15.7 Å². The Morgan fingerprint density at radius 2 is 1.64 bits per heavy atom. The zero-order valence-corrected chi connectivity index (χ0v) is 17.0. The number of aryl methyl sites for hydroxylation is 1. The third kappa shape index (κ3) is 3.60. The Hall–Kier alpha value is -1.79. The number of benzene rings is 1. The minimum Gasteiger partial charge on any atom is -0.481 e. The van der Waals surface area contributed by atoms with Crippen molar-refractivity contribution in [1.82, 2.24) is 4.90 Å². The SMILES string of the molecule is Cl.NCC12CCC(N3CCN(c4ccc(CCC(=O)O)cc4)C3=O)(CC1)CC2. The summed E-state index contributed by atoms with van der Waals surface area (Å²) in [6.45, 7) is 2.28. The van der Waals surface area contributed by atoms with Crippen molar-refractivity contribution in [2.75, 3.05) is 24.5 Å². The molecule has 1 aromatic rings. The Morgan fingerprint density at radius 3 is 2.18 bits per heavy atom. The highest BCUT2D eigenvalue weighted by atomic mass is 35.5. The Bertz CT molecular complexity index is 712. The molecular weight excluding hydrogens is 378 g/mol. The Kier molecular flexibility index (Phi) is 5.92. The first-order valence-electron chi connectivity index (χ1n) is 10.1. The van der Waals surface area contributed by atoms with Crippen LogP contribution in [0.1, 0.15) is 50.5 Å². The van der Waals surface area contributed by atoms with E-state index >= 15 is 0 Å². The van der Waals surface area contributed by atoms with Crippen molar-refractivity contribution in [3.05, 3.63) is 29.8 Å². The van der Waals surface area contributed by atoms with Crippen LogP contribution in [0.5, 0.6) is 0 Å². The molecule has 1 heterocycles. The Morgan fingerprint density at radius 1 is 1.04 bits per heavy atom. The Balaban J connectivity index is 0.00000225. The van der Waals surface area contributed by atoms with Crippen molar-refractivity contribution in [3.63, 3.8) is 0 Å². The van der Waals surface area contributed by atoms with Crippen molar-refractivity contribution in [2.24, 2.45) is 11.1 Å². The van der Waals surface area contributed by atoms with Gasteiger partial charge in [0, 0.05) is 30.7 Å². The molecule has 7 heteroatoms. The topological polar surface area (TPSA) is 86.9 Å². The lowest BCUT2D eigenvalue weighted by atomic mass is 9.57. The summed E-state index contributed by atoms with van der Waals surface area (Å²) in [6.07, 6.45) is 7.32. The van der Waals surface area contributed by atoms with Gasteiger partial charge in [-0.1, -0.05) is 12.1 Å². The number of urea groups is 1. The van der Waals surface area contributed by atoms with E-state index in [1.54, 1.807) is 0 Å². The van der Waals surface area contributed by atoms with Crippen molar-refractivity contribution in [2.45, 2.75) is 56.9 Å². The van der Waals surface area contributed by atoms with Gasteiger partial charge in [0.05, 0.1) is 0 Å². The largest absolute Gasteiger partial charge is 0.481 e. The molecule has 0 aromatic heterocycles. The van der Waals surface area contributed by atoms with E-state index in [1.165, 1.54) is 0 Å². The van der Waals surface area contributed by atoms with Crippen LogP contribution in [-0.2, 0) is 11.2 Å². The second kappa shape index (κ2) is 7.91. The van der Waals surface area contributed by atoms with Crippen molar-refractivity contribution in [1.29, 1.82) is 0 Å². The van der Waals surface area contributed by atoms with Crippen molar-refractivity contribution in [3.8, 4) is 0 Å². The predicted octanol–water partition coefficient (Wildman–Crippen LogP) is 3.42. The first-order valence-corrected chi connectivity index (χ1v) is 10.1. The standard InChI is InChI=1S/C21H29N3O3.ClH/c22-15-20-7-10-21(11-8-20,12-9-20)24-14-13-23(19(24)27)17-4-1-16(2-5-17)3-6-18(25)26;/h1-2,4-5H,3,6-15,22H2,(H,25,26);1H. The predicted molar refractivity (Wildman–Crippen MR) is 111 cm³/mol. The second-order valence-corrected chi connectivity index (χ2v) is 8.57. The van der Waals surface area contributed by atoms with E-state index in [4.69, 9.17) is 10.8 Å². The molecule has 0 unspecified atom stereocenters. The number of hydrogen-bond donors (Lipinski definition) is 2. The summed E-state index contributed by atoms with van der Waals surface area (Å²) in [4.78, 5) is 27.9. The first-order chi connectivity index (χ1) is 13.0. The molecule has 1 aliphatic heterocycles. The van der Waals surface area contributed by atoms with E-state index in [2.05, 4.69) is 4.90 Å². The maximum absolute atomic E-state index is 13.2. The summed E-state index contributed by atoms with van der Waals surface area (Å²) in [5.74, 6) is -0.790. The van der Waals surface area contributed by atoms with Crippen LogP contribution in [0.3, 0.4) is 0 Å². The minimum absolute atomic E-state index is 0. The second-order valence-electron chi connectivity index (χ2n) is 8.57. The highest BCUT2D eigenvalue weighted by Crippen LogP contribution is 2.54. The molecule has 4 aliphatic rings. The molecular formula is C21H30ClN3O3. The van der Waals surface area contributed by atoms with Crippen LogP contribution in [-0.4, -0.2) is 47.2 Å². The van der Waals surface area contributed by atoms with E-state index < -0.39 is 5.97 Å². The van der Waals surface area contributed by atoms with Gasteiger partial charge in [0.2, 0.25) is 0 Å². The van der Waals surface area contributed by atoms with Gasteiger partial charge in [0.15, 0.2) is 0 Å². The number of fused-ring (bicyclic) bond motifs is 3. The number of nitrogens with two attached hydrogens (primary N) is 1. The fourth-order valence-electron chi connectivity index (χ4n) is 5.27. The lowest BCUT2D eigenvalue weighted by Gasteiger charge is -2.56. The third-order valence-electron chi connectivity index (χ3n) is 7.25. The molecule has 0 atom stereocenters. The van der Waals surface area contributed by atoms with Gasteiger partial charge in [0.25, 0.3) is 0 Å². The van der Waals surface area contributed by atoms with Gasteiger partial charge in [-0.2, -0.15) is 0 Å². The van der Waals surface area contributed by atoms with Gasteiger partial charge in [-0.05, 0) is 74.6 Å². The van der Waals surface area contributed by atoms with Gasteiger partial charge in [-0.3, -0.25) is 9.69 Å². The molecule has 1 saturated heterocycles. The number of hydrogen-bond acceptors (Lipinski definition) is 3. The maximum Gasteiger partial charge on any atom is 0.325 e. The monoisotopic (exact) mass is 407 g/mol. The Labute approximate surface area is 172 Å². The van der Waals surface area contributed by atoms with Crippen LogP contribution in [0.2, 0.25) is 0 Å². The summed E-state index contributed by atoms with van der Waals surface area (Å²) < 4.78 is 0. The number of amides is 2. The van der Waals surface area contributed by atoms with Crippen LogP contribution >= 0.6 is 12.4 Å². The highest BCUT2D eigenvalue weighted by molar-refractivity contribution is 5.94. The number of carboxylic acid groups (broad SMARTS) is 1. The van der Waals surface area contributed by atoms with Gasteiger partial charge in [0.1, 0.15) is 0 Å². The minimum atomic E-state index is -0.790. The molecule has 1 aromatic carbocycles. The molecule has 2 amide bonds. The van der Waals surface area contributed by atoms with E-state index in [0.29, 0.717) is 11.8 Å². The van der Waals surface area contributed by atoms with Crippen LogP contribution in [0.4, 0.5) is 10.5 Å². The third-order valence-corrected chi connectivity index (χ3v) is 7.25.